The van der Waals surface area contributed by atoms with Crippen LogP contribution in [0.5, 0.6) is 0 Å². The monoisotopic (exact) mass is 549 g/mol. The molecule has 0 aromatic heterocycles. The van der Waals surface area contributed by atoms with Crippen molar-refractivity contribution in [3.8, 4) is 0 Å². The number of anilines is 1. The second kappa shape index (κ2) is 14.0. The van der Waals surface area contributed by atoms with Crippen LogP contribution in [0, 0.1) is 0 Å². The van der Waals surface area contributed by atoms with Gasteiger partial charge >= 0.3 is 11.9 Å². The largest absolute Gasteiger partial charge is 0.454 e. The van der Waals surface area contributed by atoms with Gasteiger partial charge in [0.1, 0.15) is 0 Å². The molecule has 9 heteroatoms. The molecule has 0 saturated carbocycles. The number of carbonyl (C=O) groups excluding carboxylic acids is 5. The Labute approximate surface area is 231 Å². The summed E-state index contributed by atoms with van der Waals surface area (Å²) in [5.74, 6) is -2.25. The smallest absolute Gasteiger partial charge is 0.338 e. The fraction of sp³-hybridized carbons (Fsp3) is 0.233. The number of ether oxygens (including phenoxy) is 2. The fourth-order valence-corrected chi connectivity index (χ4v) is 3.80. The molecule has 0 aliphatic carbocycles. The molecule has 8 nitrogen and oxygen atoms in total. The standard InChI is InChI=1S/C30H28ClNO7/c1-19(29(36)23-10-6-11-24(31)18-23)38-27(34)13-7-12-26(33)32-25-16-14-22(15-17-25)30(37)39-20(2)28(35)21-8-4-3-5-9-21/h3-6,8-11,14-20H,7,12-13H2,1-2H3,(H,32,33). The number of halogens is 1. The summed E-state index contributed by atoms with van der Waals surface area (Å²) < 4.78 is 10.5. The molecule has 0 bridgehead atoms. The van der Waals surface area contributed by atoms with Crippen molar-refractivity contribution in [2.75, 3.05) is 5.32 Å². The lowest BCUT2D eigenvalue weighted by Gasteiger charge is -2.13. The van der Waals surface area contributed by atoms with Crippen LogP contribution < -0.4 is 5.32 Å². The minimum Gasteiger partial charge on any atom is -0.454 e. The molecule has 3 rings (SSSR count). The van der Waals surface area contributed by atoms with E-state index in [9.17, 15) is 24.0 Å². The Morgan fingerprint density at radius 3 is 2.00 bits per heavy atom. The molecule has 39 heavy (non-hydrogen) atoms. The van der Waals surface area contributed by atoms with Crippen LogP contribution in [0.3, 0.4) is 0 Å². The van der Waals surface area contributed by atoms with Crippen molar-refractivity contribution in [1.82, 2.24) is 0 Å². The lowest BCUT2D eigenvalue weighted by atomic mass is 10.1. The van der Waals surface area contributed by atoms with Gasteiger partial charge in [-0.25, -0.2) is 4.79 Å². The van der Waals surface area contributed by atoms with Gasteiger partial charge in [0.05, 0.1) is 5.56 Å². The first kappa shape index (κ1) is 29.3. The highest BCUT2D eigenvalue weighted by atomic mass is 35.5. The third kappa shape index (κ3) is 8.90. The summed E-state index contributed by atoms with van der Waals surface area (Å²) in [6.45, 7) is 2.99. The highest BCUT2D eigenvalue weighted by Gasteiger charge is 2.21. The van der Waals surface area contributed by atoms with Crippen LogP contribution in [0.2, 0.25) is 5.02 Å². The zero-order valence-electron chi connectivity index (χ0n) is 21.5. The second-order valence-electron chi connectivity index (χ2n) is 8.76. The van der Waals surface area contributed by atoms with E-state index in [-0.39, 0.29) is 42.3 Å². The van der Waals surface area contributed by atoms with Gasteiger partial charge in [0.25, 0.3) is 0 Å². The van der Waals surface area contributed by atoms with Gasteiger partial charge in [0.2, 0.25) is 17.5 Å². The molecule has 1 amide bonds. The first-order valence-corrected chi connectivity index (χ1v) is 12.7. The van der Waals surface area contributed by atoms with Gasteiger partial charge in [-0.05, 0) is 56.7 Å². The van der Waals surface area contributed by atoms with Crippen LogP contribution in [0.25, 0.3) is 0 Å². The van der Waals surface area contributed by atoms with Crippen LogP contribution in [0.1, 0.15) is 64.2 Å². The Hall–Kier alpha value is -4.30. The van der Waals surface area contributed by atoms with Crippen molar-refractivity contribution in [1.29, 1.82) is 0 Å². The fourth-order valence-electron chi connectivity index (χ4n) is 3.61. The molecule has 2 atom stereocenters. The number of ketones is 2. The summed E-state index contributed by atoms with van der Waals surface area (Å²) in [4.78, 5) is 61.5. The summed E-state index contributed by atoms with van der Waals surface area (Å²) in [5, 5.41) is 3.09. The predicted octanol–water partition coefficient (Wildman–Crippen LogP) is 5.69. The maximum atomic E-state index is 12.4. The zero-order chi connectivity index (χ0) is 28.4. The lowest BCUT2D eigenvalue weighted by Crippen LogP contribution is -2.24. The van der Waals surface area contributed by atoms with E-state index >= 15 is 0 Å². The molecular formula is C30H28ClNO7. The first-order valence-electron chi connectivity index (χ1n) is 12.3. The molecule has 0 aliphatic heterocycles. The van der Waals surface area contributed by atoms with Gasteiger partial charge in [0, 0.05) is 34.7 Å². The molecular weight excluding hydrogens is 522 g/mol. The number of nitrogens with one attached hydrogen (secondary N) is 1. The van der Waals surface area contributed by atoms with Crippen molar-refractivity contribution < 1.29 is 33.4 Å². The normalized spacial score (nSPS) is 12.1. The number of benzene rings is 3. The Balaban J connectivity index is 1.40. The van der Waals surface area contributed by atoms with Gasteiger partial charge < -0.3 is 14.8 Å². The van der Waals surface area contributed by atoms with Gasteiger partial charge in [-0.2, -0.15) is 0 Å². The van der Waals surface area contributed by atoms with Gasteiger partial charge in [-0.15, -0.1) is 0 Å². The third-order valence-corrected chi connectivity index (χ3v) is 5.92. The van der Waals surface area contributed by atoms with Crippen LogP contribution >= 0.6 is 11.6 Å². The molecule has 3 aromatic rings. The highest BCUT2D eigenvalue weighted by Crippen LogP contribution is 2.16. The Bertz CT molecular complexity index is 1340. The molecule has 202 valence electrons. The average Bonchev–Trinajstić information content (AvgIpc) is 2.92. The molecule has 0 radical (unpaired) electrons. The molecule has 0 saturated heterocycles. The number of carbonyl (C=O) groups is 5. The van der Waals surface area contributed by atoms with E-state index in [0.717, 1.165) is 0 Å². The molecule has 1 N–H and O–H groups in total. The van der Waals surface area contributed by atoms with Crippen molar-refractivity contribution in [2.45, 2.75) is 45.3 Å². The van der Waals surface area contributed by atoms with Crippen molar-refractivity contribution in [2.24, 2.45) is 0 Å². The number of hydrogen-bond acceptors (Lipinski definition) is 7. The van der Waals surface area contributed by atoms with Crippen molar-refractivity contribution >= 4 is 46.7 Å². The number of amides is 1. The summed E-state index contributed by atoms with van der Waals surface area (Å²) in [6.07, 6.45) is -1.70. The molecule has 2 unspecified atom stereocenters. The zero-order valence-corrected chi connectivity index (χ0v) is 22.3. The highest BCUT2D eigenvalue weighted by molar-refractivity contribution is 6.31. The Morgan fingerprint density at radius 2 is 1.33 bits per heavy atom. The molecule has 0 spiro atoms. The molecule has 0 fully saturated rings. The summed E-state index contributed by atoms with van der Waals surface area (Å²) in [7, 11) is 0. The summed E-state index contributed by atoms with van der Waals surface area (Å²) in [5.41, 5.74) is 1.47. The SMILES string of the molecule is CC(OC(=O)CCCC(=O)Nc1ccc(C(=O)OC(C)C(=O)c2ccccc2)cc1)C(=O)c1cccc(Cl)c1. The number of hydrogen-bond donors (Lipinski definition) is 1. The molecule has 0 aliphatic rings. The maximum Gasteiger partial charge on any atom is 0.338 e. The van der Waals surface area contributed by atoms with Crippen LogP contribution in [0.4, 0.5) is 5.69 Å². The van der Waals surface area contributed by atoms with Crippen molar-refractivity contribution in [3.05, 3.63) is 101 Å². The Morgan fingerprint density at radius 1 is 0.718 bits per heavy atom. The lowest BCUT2D eigenvalue weighted by molar-refractivity contribution is -0.146. The van der Waals surface area contributed by atoms with E-state index in [1.165, 1.54) is 44.2 Å². The number of Topliss-reactive ketones (excluding diaryl/α,β-unsaturated/α-hetero) is 2. The molecule has 3 aromatic carbocycles. The average molecular weight is 550 g/mol. The summed E-state index contributed by atoms with van der Waals surface area (Å²) in [6, 6.07) is 20.9. The first-order chi connectivity index (χ1) is 18.6. The van der Waals surface area contributed by atoms with Crippen molar-refractivity contribution in [3.63, 3.8) is 0 Å². The van der Waals surface area contributed by atoms with E-state index in [4.69, 9.17) is 21.1 Å². The van der Waals surface area contributed by atoms with Gasteiger partial charge in [-0.3, -0.25) is 19.2 Å². The maximum absolute atomic E-state index is 12.4. The van der Waals surface area contributed by atoms with E-state index < -0.39 is 24.1 Å². The van der Waals surface area contributed by atoms with Crippen LogP contribution in [-0.2, 0) is 19.1 Å². The van der Waals surface area contributed by atoms with E-state index in [1.807, 2.05) is 0 Å². The Kier molecular flexibility index (Phi) is 10.5. The minimum atomic E-state index is -0.977. The van der Waals surface area contributed by atoms with Crippen LogP contribution in [-0.4, -0.2) is 41.6 Å². The van der Waals surface area contributed by atoms with Crippen LogP contribution in [0.15, 0.2) is 78.9 Å². The van der Waals surface area contributed by atoms with E-state index in [2.05, 4.69) is 5.32 Å². The second-order valence-corrected chi connectivity index (χ2v) is 9.20. The quantitative estimate of drug-likeness (QED) is 0.228. The third-order valence-electron chi connectivity index (χ3n) is 5.69. The topological polar surface area (TPSA) is 116 Å². The van der Waals surface area contributed by atoms with Gasteiger partial charge in [-0.1, -0.05) is 54.1 Å². The van der Waals surface area contributed by atoms with E-state index in [1.54, 1.807) is 48.5 Å². The summed E-state index contributed by atoms with van der Waals surface area (Å²) >= 11 is 5.90. The van der Waals surface area contributed by atoms with Gasteiger partial charge in [0.15, 0.2) is 12.2 Å². The van der Waals surface area contributed by atoms with E-state index in [0.29, 0.717) is 21.8 Å². The minimum absolute atomic E-state index is 0.0365. The number of rotatable bonds is 12. The molecule has 0 heterocycles. The predicted molar refractivity (Wildman–Crippen MR) is 146 cm³/mol. The number of esters is 2.